The number of hydrogen-bond donors (Lipinski definition) is 0. The van der Waals surface area contributed by atoms with Gasteiger partial charge in [0.05, 0.1) is 29.5 Å². The number of halogens is 3. The van der Waals surface area contributed by atoms with Crippen LogP contribution in [-0.2, 0) is 9.53 Å². The Balaban J connectivity index is 1.65. The second-order valence-electron chi connectivity index (χ2n) is 8.92. The highest BCUT2D eigenvalue weighted by molar-refractivity contribution is 14.1. The minimum atomic E-state index is -0.827. The largest absolute Gasteiger partial charge is 0.487 e. The molecule has 0 spiro atoms. The molecule has 0 radical (unpaired) electrons. The van der Waals surface area contributed by atoms with Gasteiger partial charge >= 0.3 is 5.97 Å². The Labute approximate surface area is 275 Å². The highest BCUT2D eigenvalue weighted by atomic mass is 127. The predicted molar refractivity (Wildman–Crippen MR) is 180 cm³/mol. The van der Waals surface area contributed by atoms with E-state index in [2.05, 4.69) is 72.7 Å². The van der Waals surface area contributed by atoms with E-state index in [1.54, 1.807) is 26.0 Å². The first kappa shape index (κ1) is 30.0. The van der Waals surface area contributed by atoms with Crippen molar-refractivity contribution in [3.8, 4) is 17.1 Å². The van der Waals surface area contributed by atoms with Gasteiger partial charge in [-0.2, -0.15) is 0 Å². The molecule has 0 N–H and O–H groups in total. The lowest BCUT2D eigenvalue weighted by Gasteiger charge is -2.22. The number of esters is 1. The molecule has 1 aliphatic heterocycles. The number of aromatic nitrogens is 1. The van der Waals surface area contributed by atoms with Gasteiger partial charge in [0, 0.05) is 10.0 Å². The summed E-state index contributed by atoms with van der Waals surface area (Å²) >= 11 is 9.17. The van der Waals surface area contributed by atoms with Crippen LogP contribution in [0.15, 0.2) is 91.1 Å². The summed E-state index contributed by atoms with van der Waals surface area (Å²) in [6, 6.07) is 14.4. The zero-order valence-electron chi connectivity index (χ0n) is 21.9. The van der Waals surface area contributed by atoms with Crippen LogP contribution in [0.3, 0.4) is 0 Å². The molecule has 11 heteroatoms. The Hall–Kier alpha value is -2.49. The normalized spacial score (nSPS) is 15.0. The molecular weight excluding hydrogens is 834 g/mol. The Kier molecular flexibility index (Phi) is 9.36. The van der Waals surface area contributed by atoms with Crippen LogP contribution in [0.5, 0.6) is 5.75 Å². The molecule has 0 amide bonds. The first-order valence-corrected chi connectivity index (χ1v) is 16.3. The molecule has 0 fully saturated rings. The molecular formula is C30H23BrI2N2O5S. The van der Waals surface area contributed by atoms with Gasteiger partial charge in [0.15, 0.2) is 4.80 Å². The molecule has 1 atom stereocenters. The fourth-order valence-corrected chi connectivity index (χ4v) is 7.86. The molecule has 0 aliphatic carbocycles. The van der Waals surface area contributed by atoms with Gasteiger partial charge in [-0.3, -0.25) is 9.36 Å². The highest BCUT2D eigenvalue weighted by Gasteiger charge is 2.35. The topological polar surface area (TPSA) is 83.0 Å². The number of nitrogens with zero attached hydrogens (tertiary/aromatic N) is 2. The first-order valence-electron chi connectivity index (χ1n) is 12.5. The fraction of sp³-hybridized carbons (Fsp3) is 0.167. The number of rotatable bonds is 8. The van der Waals surface area contributed by atoms with E-state index in [9.17, 15) is 9.59 Å². The molecule has 0 bridgehead atoms. The molecule has 2 aromatic carbocycles. The van der Waals surface area contributed by atoms with E-state index >= 15 is 0 Å². The van der Waals surface area contributed by atoms with Gasteiger partial charge in [-0.25, -0.2) is 9.79 Å². The zero-order chi connectivity index (χ0) is 29.3. The number of ether oxygens (including phenoxy) is 2. The van der Waals surface area contributed by atoms with E-state index in [1.807, 2.05) is 48.5 Å². The minimum absolute atomic E-state index is 0.193. The summed E-state index contributed by atoms with van der Waals surface area (Å²) in [4.78, 5) is 32.3. The van der Waals surface area contributed by atoms with E-state index < -0.39 is 12.0 Å². The fourth-order valence-electron chi connectivity index (χ4n) is 4.42. The lowest BCUT2D eigenvalue weighted by atomic mass is 10.0. The van der Waals surface area contributed by atoms with Crippen LogP contribution in [0.1, 0.15) is 31.2 Å². The number of thiazole rings is 1. The monoisotopic (exact) mass is 856 g/mol. The number of carbonyl (C=O) groups excluding carboxylic acids is 1. The molecule has 0 saturated heterocycles. The van der Waals surface area contributed by atoms with Crippen molar-refractivity contribution >= 4 is 84.5 Å². The highest BCUT2D eigenvalue weighted by Crippen LogP contribution is 2.34. The SMILES string of the molecule is C=CCOc1c(I)cc(/C=c2\sc3n(c2=O)[C@@H](c2ccc(-c4ccc(Br)cc4)o2)C(C(=O)OCC)=C(C)N=3)cc1I. The number of benzene rings is 2. The average Bonchev–Trinajstić information content (AvgIpc) is 3.53. The van der Waals surface area contributed by atoms with Crippen molar-refractivity contribution in [1.82, 2.24) is 4.57 Å². The van der Waals surface area contributed by atoms with Crippen LogP contribution in [0.2, 0.25) is 0 Å². The zero-order valence-corrected chi connectivity index (χ0v) is 28.7. The van der Waals surface area contributed by atoms with E-state index in [0.717, 1.165) is 28.5 Å². The van der Waals surface area contributed by atoms with E-state index in [-0.39, 0.29) is 17.7 Å². The standard InChI is InChI=1S/C30H23BrI2N2O5S/c1-4-12-39-27-20(32)13-17(14-21(27)33)15-24-28(36)35-26(25(29(37)38-5-2)16(3)34-30(35)41-24)23-11-10-22(40-23)18-6-8-19(31)9-7-18/h4,6-11,13-15,26H,1,5,12H2,2-3H3/b24-15-/t26-/m0/s1. The lowest BCUT2D eigenvalue weighted by Crippen LogP contribution is -2.39. The molecule has 3 heterocycles. The molecule has 41 heavy (non-hydrogen) atoms. The van der Waals surface area contributed by atoms with Crippen LogP contribution in [0.25, 0.3) is 17.4 Å². The third-order valence-electron chi connectivity index (χ3n) is 6.21. The predicted octanol–water partition coefficient (Wildman–Crippen LogP) is 6.59. The van der Waals surface area contributed by atoms with Crippen LogP contribution >= 0.6 is 72.4 Å². The number of hydrogen-bond acceptors (Lipinski definition) is 7. The molecule has 4 aromatic rings. The Bertz CT molecular complexity index is 1850. The summed E-state index contributed by atoms with van der Waals surface area (Å²) in [5.74, 6) is 1.31. The van der Waals surface area contributed by atoms with Gasteiger partial charge in [0.2, 0.25) is 0 Å². The van der Waals surface area contributed by atoms with Crippen LogP contribution in [0, 0.1) is 7.14 Å². The molecule has 5 rings (SSSR count). The van der Waals surface area contributed by atoms with Crippen LogP contribution < -0.4 is 19.6 Å². The third kappa shape index (κ3) is 6.18. The molecule has 7 nitrogen and oxygen atoms in total. The maximum absolute atomic E-state index is 13.9. The van der Waals surface area contributed by atoms with Crippen molar-refractivity contribution in [2.45, 2.75) is 19.9 Å². The van der Waals surface area contributed by atoms with E-state index in [4.69, 9.17) is 13.9 Å². The molecule has 210 valence electrons. The Morgan fingerprint density at radius 1 is 1.20 bits per heavy atom. The summed E-state index contributed by atoms with van der Waals surface area (Å²) in [5.41, 5.74) is 2.20. The van der Waals surface area contributed by atoms with Gasteiger partial charge < -0.3 is 13.9 Å². The maximum Gasteiger partial charge on any atom is 0.338 e. The number of furan rings is 1. The number of carbonyl (C=O) groups is 1. The van der Waals surface area contributed by atoms with Crippen molar-refractivity contribution in [2.75, 3.05) is 13.2 Å². The molecule has 0 saturated carbocycles. The number of fused-ring (bicyclic) bond motifs is 1. The van der Waals surface area contributed by atoms with Gasteiger partial charge in [-0.05, 0) is 107 Å². The molecule has 0 unspecified atom stereocenters. The van der Waals surface area contributed by atoms with Crippen molar-refractivity contribution in [3.63, 3.8) is 0 Å². The third-order valence-corrected chi connectivity index (χ3v) is 9.32. The summed E-state index contributed by atoms with van der Waals surface area (Å²) in [5, 5.41) is 0. The van der Waals surface area contributed by atoms with Crippen molar-refractivity contribution in [1.29, 1.82) is 0 Å². The van der Waals surface area contributed by atoms with Gasteiger partial charge in [-0.1, -0.05) is 52.1 Å². The molecule has 1 aliphatic rings. The van der Waals surface area contributed by atoms with Gasteiger partial charge in [0.25, 0.3) is 5.56 Å². The summed E-state index contributed by atoms with van der Waals surface area (Å²) in [6.45, 7) is 7.80. The van der Waals surface area contributed by atoms with Crippen LogP contribution in [-0.4, -0.2) is 23.8 Å². The summed E-state index contributed by atoms with van der Waals surface area (Å²) in [6.07, 6.45) is 3.53. The Morgan fingerprint density at radius 2 is 1.90 bits per heavy atom. The molecule has 2 aromatic heterocycles. The van der Waals surface area contributed by atoms with E-state index in [1.165, 1.54) is 15.9 Å². The van der Waals surface area contributed by atoms with Crippen molar-refractivity contribution < 1.29 is 18.7 Å². The van der Waals surface area contributed by atoms with Crippen LogP contribution in [0.4, 0.5) is 0 Å². The average molecular weight is 857 g/mol. The van der Waals surface area contributed by atoms with Crippen molar-refractivity contribution in [2.24, 2.45) is 4.99 Å². The quantitative estimate of drug-likeness (QED) is 0.114. The summed E-state index contributed by atoms with van der Waals surface area (Å²) in [7, 11) is 0. The van der Waals surface area contributed by atoms with Gasteiger partial charge in [-0.15, -0.1) is 0 Å². The first-order chi connectivity index (χ1) is 19.7. The van der Waals surface area contributed by atoms with Crippen molar-refractivity contribution in [3.05, 3.63) is 115 Å². The Morgan fingerprint density at radius 3 is 2.56 bits per heavy atom. The number of allylic oxidation sites excluding steroid dienone is 1. The maximum atomic E-state index is 13.9. The second-order valence-corrected chi connectivity index (χ2v) is 13.2. The lowest BCUT2D eigenvalue weighted by molar-refractivity contribution is -0.139. The smallest absolute Gasteiger partial charge is 0.338 e. The minimum Gasteiger partial charge on any atom is -0.487 e. The van der Waals surface area contributed by atoms with E-state index in [0.29, 0.717) is 33.2 Å². The second kappa shape index (κ2) is 12.8. The summed E-state index contributed by atoms with van der Waals surface area (Å²) < 4.78 is 22.3. The van der Waals surface area contributed by atoms with Gasteiger partial charge in [0.1, 0.15) is 29.9 Å².